The molecular weight excluding hydrogens is 234 g/mol. The van der Waals surface area contributed by atoms with Crippen molar-refractivity contribution in [2.24, 2.45) is 0 Å². The first-order chi connectivity index (χ1) is 7.65. The predicted molar refractivity (Wildman–Crippen MR) is 56.0 cm³/mol. The number of aromatic nitrogens is 1. The molecule has 0 saturated carbocycles. The average molecular weight is 246 g/mol. The molecule has 1 aliphatic heterocycles. The molecule has 1 aromatic rings. The van der Waals surface area contributed by atoms with Crippen LogP contribution in [0.3, 0.4) is 0 Å². The van der Waals surface area contributed by atoms with Crippen LogP contribution in [0.5, 0.6) is 0 Å². The lowest BCUT2D eigenvalue weighted by molar-refractivity contribution is -0.0228. The van der Waals surface area contributed by atoms with Gasteiger partial charge in [0.25, 0.3) is 0 Å². The molecule has 0 bridgehead atoms. The van der Waals surface area contributed by atoms with Crippen LogP contribution in [0.15, 0.2) is 18.3 Å². The molecule has 6 heteroatoms. The Morgan fingerprint density at radius 3 is 2.69 bits per heavy atom. The number of hydrogen-bond donors (Lipinski definition) is 3. The van der Waals surface area contributed by atoms with E-state index in [-0.39, 0.29) is 11.8 Å². The molecule has 1 saturated heterocycles. The van der Waals surface area contributed by atoms with Gasteiger partial charge in [-0.3, -0.25) is 0 Å². The zero-order valence-electron chi connectivity index (χ0n) is 8.32. The van der Waals surface area contributed by atoms with Crippen molar-refractivity contribution in [3.8, 4) is 0 Å². The van der Waals surface area contributed by atoms with Gasteiger partial charge < -0.3 is 20.1 Å². The van der Waals surface area contributed by atoms with Crippen molar-refractivity contribution in [2.45, 2.75) is 24.4 Å². The maximum Gasteiger partial charge on any atom is 0.134 e. The highest BCUT2D eigenvalue weighted by molar-refractivity contribution is 6.30. The van der Waals surface area contributed by atoms with Gasteiger partial charge in [-0.1, -0.05) is 17.7 Å². The van der Waals surface area contributed by atoms with Crippen LogP contribution in [0.25, 0.3) is 0 Å². The van der Waals surface area contributed by atoms with Crippen molar-refractivity contribution >= 4 is 11.6 Å². The minimum absolute atomic E-state index is 0.220. The van der Waals surface area contributed by atoms with E-state index in [4.69, 9.17) is 21.4 Å². The fraction of sp³-hybridized carbons (Fsp3) is 0.500. The summed E-state index contributed by atoms with van der Waals surface area (Å²) in [5, 5.41) is 28.5. The second kappa shape index (κ2) is 4.65. The summed E-state index contributed by atoms with van der Waals surface area (Å²) in [5.74, 6) is 0. The van der Waals surface area contributed by atoms with Crippen molar-refractivity contribution in [3.05, 3.63) is 29.0 Å². The van der Waals surface area contributed by atoms with Gasteiger partial charge in [-0.25, -0.2) is 4.98 Å². The lowest BCUT2D eigenvalue weighted by Crippen LogP contribution is -2.32. The summed E-state index contributed by atoms with van der Waals surface area (Å²) < 4.78 is 5.33. The Morgan fingerprint density at radius 1 is 1.38 bits per heavy atom. The summed E-state index contributed by atoms with van der Waals surface area (Å²) >= 11 is 5.86. The molecule has 0 spiro atoms. The Balaban J connectivity index is 2.26. The Kier molecular flexibility index (Phi) is 3.41. The summed E-state index contributed by atoms with van der Waals surface area (Å²) in [7, 11) is 0. The van der Waals surface area contributed by atoms with Crippen LogP contribution >= 0.6 is 11.6 Å². The normalized spacial score (nSPS) is 34.2. The number of aliphatic hydroxyl groups is 3. The maximum atomic E-state index is 9.76. The van der Waals surface area contributed by atoms with Crippen molar-refractivity contribution in [1.29, 1.82) is 0 Å². The van der Waals surface area contributed by atoms with Crippen LogP contribution in [0.1, 0.15) is 11.7 Å². The van der Waals surface area contributed by atoms with Crippen LogP contribution in [0, 0.1) is 0 Å². The van der Waals surface area contributed by atoms with Crippen molar-refractivity contribution in [3.63, 3.8) is 0 Å². The topological polar surface area (TPSA) is 82.8 Å². The van der Waals surface area contributed by atoms with Gasteiger partial charge >= 0.3 is 0 Å². The number of nitrogens with zero attached hydrogens (tertiary/aromatic N) is 1. The molecular formula is C10H12ClNO4. The van der Waals surface area contributed by atoms with Crippen LogP contribution < -0.4 is 0 Å². The van der Waals surface area contributed by atoms with Crippen LogP contribution in [0.4, 0.5) is 0 Å². The first kappa shape index (κ1) is 11.8. The van der Waals surface area contributed by atoms with Gasteiger partial charge in [0, 0.05) is 11.8 Å². The SMILES string of the molecule is OC[C@H]1OC(c2cccnc2Cl)[C@H](O)[C@@H]1O. The molecule has 16 heavy (non-hydrogen) atoms. The average Bonchev–Trinajstić information content (AvgIpc) is 2.57. The molecule has 1 fully saturated rings. The van der Waals surface area contributed by atoms with E-state index in [9.17, 15) is 10.2 Å². The summed E-state index contributed by atoms with van der Waals surface area (Å²) in [5.41, 5.74) is 0.506. The third-order valence-corrected chi connectivity index (χ3v) is 2.95. The van der Waals surface area contributed by atoms with E-state index in [0.717, 1.165) is 0 Å². The molecule has 88 valence electrons. The third-order valence-electron chi connectivity index (χ3n) is 2.64. The molecule has 0 amide bonds. The standard InChI is InChI=1S/C10H12ClNO4/c11-10-5(2-1-3-12-10)9-8(15)7(14)6(4-13)16-9/h1-3,6-9,13-15H,4H2/t6-,7-,8-,9?/m1/s1. The lowest BCUT2D eigenvalue weighted by atomic mass is 10.0. The molecule has 4 atom stereocenters. The molecule has 0 radical (unpaired) electrons. The zero-order chi connectivity index (χ0) is 11.7. The van der Waals surface area contributed by atoms with Gasteiger partial charge in [0.15, 0.2) is 0 Å². The number of pyridine rings is 1. The van der Waals surface area contributed by atoms with Crippen LogP contribution in [0.2, 0.25) is 5.15 Å². The highest BCUT2D eigenvalue weighted by atomic mass is 35.5. The van der Waals surface area contributed by atoms with E-state index in [1.807, 2.05) is 0 Å². The smallest absolute Gasteiger partial charge is 0.134 e. The molecule has 1 aromatic heterocycles. The monoisotopic (exact) mass is 245 g/mol. The number of hydrogen-bond acceptors (Lipinski definition) is 5. The van der Waals surface area contributed by atoms with E-state index in [1.54, 1.807) is 12.1 Å². The fourth-order valence-electron chi connectivity index (χ4n) is 1.77. The van der Waals surface area contributed by atoms with Gasteiger partial charge in [0.2, 0.25) is 0 Å². The first-order valence-corrected chi connectivity index (χ1v) is 5.26. The fourth-order valence-corrected chi connectivity index (χ4v) is 1.99. The van der Waals surface area contributed by atoms with Gasteiger partial charge in [-0.2, -0.15) is 0 Å². The largest absolute Gasteiger partial charge is 0.394 e. The first-order valence-electron chi connectivity index (χ1n) is 4.88. The molecule has 2 rings (SSSR count). The summed E-state index contributed by atoms with van der Waals surface area (Å²) in [6.07, 6.45) is -2.26. The predicted octanol–water partition coefficient (Wildman–Crippen LogP) is -0.111. The lowest BCUT2D eigenvalue weighted by Gasteiger charge is -2.15. The summed E-state index contributed by atoms with van der Waals surface area (Å²) in [6, 6.07) is 3.33. The number of ether oxygens (including phenoxy) is 1. The van der Waals surface area contributed by atoms with Gasteiger partial charge in [-0.15, -0.1) is 0 Å². The number of aliphatic hydroxyl groups excluding tert-OH is 3. The zero-order valence-corrected chi connectivity index (χ0v) is 9.08. The Labute approximate surface area is 97.3 Å². The molecule has 1 aliphatic rings. The van der Waals surface area contributed by atoms with Crippen LogP contribution in [-0.2, 0) is 4.74 Å². The Bertz CT molecular complexity index is 376. The van der Waals surface area contributed by atoms with E-state index in [0.29, 0.717) is 5.56 Å². The second-order valence-corrected chi connectivity index (χ2v) is 4.00. The highest BCUT2D eigenvalue weighted by Crippen LogP contribution is 2.35. The van der Waals surface area contributed by atoms with Crippen molar-refractivity contribution in [1.82, 2.24) is 4.98 Å². The van der Waals surface area contributed by atoms with Crippen molar-refractivity contribution in [2.75, 3.05) is 6.61 Å². The number of rotatable bonds is 2. The van der Waals surface area contributed by atoms with Gasteiger partial charge in [0.05, 0.1) is 6.61 Å². The molecule has 0 aliphatic carbocycles. The van der Waals surface area contributed by atoms with E-state index in [1.165, 1.54) is 6.20 Å². The Morgan fingerprint density at radius 2 is 2.12 bits per heavy atom. The quantitative estimate of drug-likeness (QED) is 0.634. The minimum atomic E-state index is -1.12. The van der Waals surface area contributed by atoms with E-state index >= 15 is 0 Å². The van der Waals surface area contributed by atoms with Crippen LogP contribution in [-0.4, -0.2) is 45.2 Å². The molecule has 2 heterocycles. The molecule has 5 nitrogen and oxygen atoms in total. The highest BCUT2D eigenvalue weighted by Gasteiger charge is 2.43. The molecule has 3 N–H and O–H groups in total. The number of halogens is 1. The maximum absolute atomic E-state index is 9.76. The molecule has 1 unspecified atom stereocenters. The van der Waals surface area contributed by atoms with Gasteiger partial charge in [0.1, 0.15) is 29.6 Å². The van der Waals surface area contributed by atoms with E-state index < -0.39 is 24.4 Å². The third kappa shape index (κ3) is 1.92. The summed E-state index contributed by atoms with van der Waals surface area (Å²) in [4.78, 5) is 3.86. The second-order valence-electron chi connectivity index (χ2n) is 3.64. The minimum Gasteiger partial charge on any atom is -0.394 e. The van der Waals surface area contributed by atoms with Crippen molar-refractivity contribution < 1.29 is 20.1 Å². The Hall–Kier alpha value is -0.720. The van der Waals surface area contributed by atoms with E-state index in [2.05, 4.69) is 4.98 Å². The summed E-state index contributed by atoms with van der Waals surface area (Å²) in [6.45, 7) is -0.355. The van der Waals surface area contributed by atoms with Gasteiger partial charge in [-0.05, 0) is 6.07 Å². The molecule has 0 aromatic carbocycles.